The van der Waals surface area contributed by atoms with Crippen molar-refractivity contribution in [3.63, 3.8) is 0 Å². The van der Waals surface area contributed by atoms with Crippen LogP contribution in [0.5, 0.6) is 0 Å². The van der Waals surface area contributed by atoms with Gasteiger partial charge in [-0.25, -0.2) is 0 Å². The molecule has 9 heterocycles. The summed E-state index contributed by atoms with van der Waals surface area (Å²) in [5.74, 6) is 0.844. The van der Waals surface area contributed by atoms with E-state index >= 15 is 0 Å². The molecular weight excluding hydrogens is 1200 g/mol. The van der Waals surface area contributed by atoms with E-state index in [4.69, 9.17) is 18.8 Å². The fourth-order valence-corrected chi connectivity index (χ4v) is 12.8. The van der Waals surface area contributed by atoms with Gasteiger partial charge in [-0.2, -0.15) is 0 Å². The molecule has 9 aromatic carbocycles. The number of para-hydroxylation sites is 6. The van der Waals surface area contributed by atoms with Gasteiger partial charge in [-0.1, -0.05) is 171 Å². The van der Waals surface area contributed by atoms with Crippen LogP contribution in [0.2, 0.25) is 0 Å². The summed E-state index contributed by atoms with van der Waals surface area (Å²) in [7, 11) is 0. The van der Waals surface area contributed by atoms with E-state index in [-0.39, 0.29) is 20.1 Å². The molecule has 0 amide bonds. The molecule has 0 saturated heterocycles. The molecule has 0 bridgehead atoms. The molecule has 18 rings (SSSR count). The standard InChI is InChI=1S/C32H22N2O.C32H21N2O.C11H8N.Ir/c2*1-18(2)19-14-15-33-26(16-19)25-17-24-22-11-7-10-21-20-8-3-5-12-27(20)34(30(21)22)31(24)29-23-9-4-6-13-28(23)35-32(25)29;1-2-6-10(7-3-1)11-8-4-5-9-12-11;/h3-18H,1-2H3;3-16,18H,1-2H3;1-6,8-9H;/q;2*-1;. The molecule has 0 aliphatic rings. The Bertz CT molecular complexity index is 5140. The number of benzene rings is 9. The van der Waals surface area contributed by atoms with Gasteiger partial charge in [0.15, 0.2) is 0 Å². The van der Waals surface area contributed by atoms with Gasteiger partial charge in [0, 0.05) is 104 Å². The van der Waals surface area contributed by atoms with Gasteiger partial charge >= 0.3 is 0 Å². The average Bonchev–Trinajstić information content (AvgIpc) is 1.71. The molecule has 0 atom stereocenters. The first-order valence-electron chi connectivity index (χ1n) is 28.1. The Kier molecular flexibility index (Phi) is 12.0. The Balaban J connectivity index is 0.000000117. The SMILES string of the molecule is CC(C)c1ccnc(-c2[c-]c3c4cccc5c6ccccc6n(c45)c3c3c2oc2ccccc23)c1.CC(C)c1ccnc(-c2cc3c4cccc5c6ccccc6n(c54)c3c3c2oc2ccccc23)c1.[Ir].[c-]1ccccc1-c1ccccn1. The van der Waals surface area contributed by atoms with Gasteiger partial charge in [-0.15, -0.1) is 42.0 Å². The predicted molar refractivity (Wildman–Crippen MR) is 339 cm³/mol. The number of hydrogen-bond donors (Lipinski definition) is 0. The van der Waals surface area contributed by atoms with Crippen molar-refractivity contribution in [3.8, 4) is 33.8 Å². The first kappa shape index (κ1) is 50.3. The van der Waals surface area contributed by atoms with Gasteiger partial charge in [0.05, 0.1) is 33.2 Å². The molecule has 83 heavy (non-hydrogen) atoms. The van der Waals surface area contributed by atoms with Crippen LogP contribution < -0.4 is 0 Å². The molecule has 0 aliphatic heterocycles. The van der Waals surface area contributed by atoms with Crippen molar-refractivity contribution in [2.24, 2.45) is 0 Å². The van der Waals surface area contributed by atoms with E-state index in [1.165, 1.54) is 76.4 Å². The van der Waals surface area contributed by atoms with Crippen LogP contribution in [0, 0.1) is 12.1 Å². The van der Waals surface area contributed by atoms with E-state index < -0.39 is 0 Å². The quantitative estimate of drug-likeness (QED) is 0.161. The zero-order valence-corrected chi connectivity index (χ0v) is 48.3. The van der Waals surface area contributed by atoms with Crippen LogP contribution in [0.4, 0.5) is 0 Å². The van der Waals surface area contributed by atoms with E-state index in [1.54, 1.807) is 6.20 Å². The Morgan fingerprint density at radius 1 is 0.398 bits per heavy atom. The van der Waals surface area contributed by atoms with Crippen LogP contribution in [-0.4, -0.2) is 23.8 Å². The summed E-state index contributed by atoms with van der Waals surface area (Å²) in [4.78, 5) is 13.8. The second kappa shape index (κ2) is 19.8. The second-order valence-corrected chi connectivity index (χ2v) is 22.0. The number of furan rings is 2. The largest absolute Gasteiger partial charge is 0.491 e. The third-order valence-electron chi connectivity index (χ3n) is 16.6. The number of hydrogen-bond acceptors (Lipinski definition) is 5. The Morgan fingerprint density at radius 3 is 1.53 bits per heavy atom. The smallest absolute Gasteiger partial charge is 0.146 e. The summed E-state index contributed by atoms with van der Waals surface area (Å²) < 4.78 is 18.0. The number of pyridine rings is 3. The topological polar surface area (TPSA) is 73.8 Å². The van der Waals surface area contributed by atoms with E-state index in [9.17, 15) is 0 Å². The second-order valence-electron chi connectivity index (χ2n) is 22.0. The van der Waals surface area contributed by atoms with Crippen molar-refractivity contribution in [1.82, 2.24) is 23.8 Å². The number of fused-ring (bicyclic) bond motifs is 20. The van der Waals surface area contributed by atoms with Crippen molar-refractivity contribution in [3.05, 3.63) is 248 Å². The Hall–Kier alpha value is -9.72. The van der Waals surface area contributed by atoms with E-state index in [0.29, 0.717) is 11.8 Å². The minimum absolute atomic E-state index is 0. The maximum absolute atomic E-state index is 6.59. The maximum Gasteiger partial charge on any atom is 0.146 e. The van der Waals surface area contributed by atoms with Crippen LogP contribution >= 0.6 is 0 Å². The van der Waals surface area contributed by atoms with Crippen LogP contribution in [0.15, 0.2) is 234 Å². The van der Waals surface area contributed by atoms with Gasteiger partial charge in [-0.05, 0) is 94.2 Å². The minimum atomic E-state index is 0. The summed E-state index contributed by atoms with van der Waals surface area (Å²) in [6.45, 7) is 8.86. The zero-order chi connectivity index (χ0) is 54.7. The predicted octanol–water partition coefficient (Wildman–Crippen LogP) is 20.2. The van der Waals surface area contributed by atoms with Gasteiger partial charge in [0.2, 0.25) is 0 Å². The Morgan fingerprint density at radius 2 is 0.904 bits per heavy atom. The van der Waals surface area contributed by atoms with Gasteiger partial charge < -0.3 is 22.6 Å². The molecule has 0 unspecified atom stereocenters. The molecular formula is C75H51IrN5O2-2. The Labute approximate surface area is 491 Å². The van der Waals surface area contributed by atoms with Crippen molar-refractivity contribution >= 4 is 120 Å². The number of nitrogens with zero attached hydrogens (tertiary/aromatic N) is 5. The number of aromatic nitrogens is 5. The van der Waals surface area contributed by atoms with Gasteiger partial charge in [0.1, 0.15) is 16.7 Å². The molecule has 0 saturated carbocycles. The molecule has 399 valence electrons. The van der Waals surface area contributed by atoms with Crippen molar-refractivity contribution in [2.45, 2.75) is 39.5 Å². The van der Waals surface area contributed by atoms with Crippen molar-refractivity contribution < 1.29 is 28.9 Å². The molecule has 7 nitrogen and oxygen atoms in total. The average molecular weight is 1250 g/mol. The molecule has 1 radical (unpaired) electrons. The minimum Gasteiger partial charge on any atom is -0.491 e. The number of rotatable bonds is 5. The molecule has 0 N–H and O–H groups in total. The molecule has 0 spiro atoms. The molecule has 0 aliphatic carbocycles. The van der Waals surface area contributed by atoms with Crippen LogP contribution in [-0.2, 0) is 20.1 Å². The fourth-order valence-electron chi connectivity index (χ4n) is 12.8. The van der Waals surface area contributed by atoms with Gasteiger partial charge in [0.25, 0.3) is 0 Å². The van der Waals surface area contributed by atoms with Crippen molar-refractivity contribution in [1.29, 1.82) is 0 Å². The van der Waals surface area contributed by atoms with E-state index in [0.717, 1.165) is 88.6 Å². The first-order chi connectivity index (χ1) is 40.4. The van der Waals surface area contributed by atoms with Gasteiger partial charge in [-0.3, -0.25) is 9.97 Å². The third kappa shape index (κ3) is 7.78. The van der Waals surface area contributed by atoms with E-state index in [2.05, 4.69) is 205 Å². The molecule has 0 fully saturated rings. The first-order valence-corrected chi connectivity index (χ1v) is 28.1. The van der Waals surface area contributed by atoms with Crippen LogP contribution in [0.1, 0.15) is 50.7 Å². The monoisotopic (exact) mass is 1250 g/mol. The van der Waals surface area contributed by atoms with Crippen LogP contribution in [0.3, 0.4) is 0 Å². The maximum atomic E-state index is 6.59. The van der Waals surface area contributed by atoms with Crippen LogP contribution in [0.25, 0.3) is 154 Å². The summed E-state index contributed by atoms with van der Waals surface area (Å²) >= 11 is 0. The summed E-state index contributed by atoms with van der Waals surface area (Å²) in [5, 5.41) is 14.5. The normalized spacial score (nSPS) is 12.0. The molecule has 8 heteroatoms. The summed E-state index contributed by atoms with van der Waals surface area (Å²) in [6, 6.07) is 78.8. The molecule has 9 aromatic heterocycles. The zero-order valence-electron chi connectivity index (χ0n) is 45.9. The van der Waals surface area contributed by atoms with Crippen molar-refractivity contribution in [2.75, 3.05) is 0 Å². The third-order valence-corrected chi connectivity index (χ3v) is 16.6. The summed E-state index contributed by atoms with van der Waals surface area (Å²) in [6.07, 6.45) is 5.61. The van der Waals surface area contributed by atoms with E-state index in [1.807, 2.05) is 67.0 Å². The molecule has 18 aromatic rings. The fraction of sp³-hybridized carbons (Fsp3) is 0.0800. The summed E-state index contributed by atoms with van der Waals surface area (Å²) in [5.41, 5.74) is 19.2.